The van der Waals surface area contributed by atoms with E-state index in [0.717, 1.165) is 41.9 Å². The lowest BCUT2D eigenvalue weighted by Gasteiger charge is -2.36. The van der Waals surface area contributed by atoms with Gasteiger partial charge in [-0.05, 0) is 25.7 Å². The predicted molar refractivity (Wildman–Crippen MR) is 86.8 cm³/mol. The van der Waals surface area contributed by atoms with Crippen LogP contribution < -0.4 is 0 Å². The van der Waals surface area contributed by atoms with Crippen LogP contribution in [0.4, 0.5) is 0 Å². The van der Waals surface area contributed by atoms with Crippen LogP contribution in [-0.4, -0.2) is 16.6 Å². The number of benzene rings is 1. The normalized spacial score (nSPS) is 23.6. The number of ether oxygens (including phenoxy) is 1. The fourth-order valence-electron chi connectivity index (χ4n) is 3.83. The Kier molecular flexibility index (Phi) is 3.49. The highest BCUT2D eigenvalue weighted by Gasteiger charge is 2.50. The second-order valence-electron chi connectivity index (χ2n) is 6.30. The smallest absolute Gasteiger partial charge is 0.307 e. The van der Waals surface area contributed by atoms with Crippen LogP contribution in [0.25, 0.3) is 10.6 Å². The summed E-state index contributed by atoms with van der Waals surface area (Å²) in [5, 5.41) is 3.15. The molecule has 1 saturated heterocycles. The maximum absolute atomic E-state index is 11.9. The number of nitrogens with zero attached hydrogens (tertiary/aromatic N) is 1. The summed E-state index contributed by atoms with van der Waals surface area (Å²) in [6.07, 6.45) is 6.01. The van der Waals surface area contributed by atoms with Crippen molar-refractivity contribution in [2.75, 3.05) is 0 Å². The standard InChI is InChI=1S/C18H19NO2S/c20-16-11-14(18(21-16)9-5-2-6-10-18)15-12-22-17(19-15)13-7-3-1-4-8-13/h1,3-4,7-8,12,14H,2,5-6,9-11H2/t14-/m0/s1. The fourth-order valence-corrected chi connectivity index (χ4v) is 4.71. The van der Waals surface area contributed by atoms with Gasteiger partial charge in [-0.15, -0.1) is 11.3 Å². The molecular weight excluding hydrogens is 294 g/mol. The summed E-state index contributed by atoms with van der Waals surface area (Å²) in [5.74, 6) is 0.0789. The molecule has 2 aliphatic rings. The first-order chi connectivity index (χ1) is 10.8. The minimum absolute atomic E-state index is 0.0545. The third-order valence-corrected chi connectivity index (χ3v) is 5.83. The number of aromatic nitrogens is 1. The van der Waals surface area contributed by atoms with Gasteiger partial charge in [-0.3, -0.25) is 4.79 Å². The minimum Gasteiger partial charge on any atom is -0.458 e. The van der Waals surface area contributed by atoms with Crippen molar-refractivity contribution in [2.24, 2.45) is 0 Å². The zero-order valence-electron chi connectivity index (χ0n) is 12.5. The maximum atomic E-state index is 11.9. The molecule has 0 unspecified atom stereocenters. The lowest BCUT2D eigenvalue weighted by molar-refractivity contribution is -0.151. The first-order valence-electron chi connectivity index (χ1n) is 8.00. The van der Waals surface area contributed by atoms with Gasteiger partial charge in [0.1, 0.15) is 10.6 Å². The molecule has 0 N–H and O–H groups in total. The van der Waals surface area contributed by atoms with Crippen molar-refractivity contribution in [1.82, 2.24) is 4.98 Å². The highest BCUT2D eigenvalue weighted by molar-refractivity contribution is 7.13. The molecule has 1 aromatic carbocycles. The Morgan fingerprint density at radius 3 is 2.68 bits per heavy atom. The van der Waals surface area contributed by atoms with Gasteiger partial charge in [0.2, 0.25) is 0 Å². The van der Waals surface area contributed by atoms with E-state index in [1.165, 1.54) is 6.42 Å². The van der Waals surface area contributed by atoms with Crippen LogP contribution in [0.3, 0.4) is 0 Å². The zero-order chi connectivity index (χ0) is 15.0. The molecule has 4 rings (SSSR count). The van der Waals surface area contributed by atoms with Gasteiger partial charge in [-0.1, -0.05) is 36.8 Å². The molecule has 1 spiro atoms. The summed E-state index contributed by atoms with van der Waals surface area (Å²) in [6.45, 7) is 0. The van der Waals surface area contributed by atoms with Crippen molar-refractivity contribution in [2.45, 2.75) is 50.0 Å². The van der Waals surface area contributed by atoms with Crippen molar-refractivity contribution in [3.8, 4) is 10.6 Å². The average molecular weight is 313 g/mol. The highest BCUT2D eigenvalue weighted by atomic mass is 32.1. The van der Waals surface area contributed by atoms with Gasteiger partial charge in [0, 0.05) is 10.9 Å². The molecule has 0 radical (unpaired) electrons. The number of thiazole rings is 1. The van der Waals surface area contributed by atoms with Gasteiger partial charge >= 0.3 is 5.97 Å². The summed E-state index contributed by atoms with van der Waals surface area (Å²) in [6, 6.07) is 10.2. The molecule has 1 atom stereocenters. The third-order valence-electron chi connectivity index (χ3n) is 4.92. The topological polar surface area (TPSA) is 39.2 Å². The lowest BCUT2D eigenvalue weighted by atomic mass is 9.75. The molecule has 0 amide bonds. The summed E-state index contributed by atoms with van der Waals surface area (Å²) in [5.41, 5.74) is 1.90. The van der Waals surface area contributed by atoms with Gasteiger partial charge in [0.15, 0.2) is 0 Å². The van der Waals surface area contributed by atoms with E-state index in [1.54, 1.807) is 11.3 Å². The average Bonchev–Trinajstić information content (AvgIpc) is 3.14. The third kappa shape index (κ3) is 2.35. The van der Waals surface area contributed by atoms with Crippen molar-refractivity contribution in [3.05, 3.63) is 41.4 Å². The Balaban J connectivity index is 1.66. The molecule has 0 bridgehead atoms. The van der Waals surface area contributed by atoms with E-state index < -0.39 is 0 Å². The minimum atomic E-state index is -0.280. The molecule has 2 heterocycles. The largest absolute Gasteiger partial charge is 0.458 e. The van der Waals surface area contributed by atoms with Crippen LogP contribution >= 0.6 is 11.3 Å². The van der Waals surface area contributed by atoms with E-state index in [4.69, 9.17) is 9.72 Å². The molecule has 3 nitrogen and oxygen atoms in total. The Morgan fingerprint density at radius 1 is 1.14 bits per heavy atom. The molecule has 2 aromatic rings. The number of carbonyl (C=O) groups excluding carboxylic acids is 1. The summed E-state index contributed by atoms with van der Waals surface area (Å²) >= 11 is 1.66. The number of carbonyl (C=O) groups is 1. The Hall–Kier alpha value is -1.68. The van der Waals surface area contributed by atoms with Gasteiger partial charge in [-0.2, -0.15) is 0 Å². The SMILES string of the molecule is O=C1C[C@@H](c2csc(-c3ccccc3)n2)C2(CCCCC2)O1. The van der Waals surface area contributed by atoms with Gasteiger partial charge < -0.3 is 4.74 Å². The Bertz CT molecular complexity index is 673. The van der Waals surface area contributed by atoms with Crippen LogP contribution in [0, 0.1) is 0 Å². The van der Waals surface area contributed by atoms with Crippen LogP contribution in [0.2, 0.25) is 0 Å². The van der Waals surface area contributed by atoms with Crippen LogP contribution in [0.5, 0.6) is 0 Å². The van der Waals surface area contributed by atoms with Crippen molar-refractivity contribution in [1.29, 1.82) is 0 Å². The van der Waals surface area contributed by atoms with E-state index in [1.807, 2.05) is 18.2 Å². The van der Waals surface area contributed by atoms with E-state index in [0.29, 0.717) is 6.42 Å². The molecule has 22 heavy (non-hydrogen) atoms. The zero-order valence-corrected chi connectivity index (χ0v) is 13.3. The summed E-state index contributed by atoms with van der Waals surface area (Å²) in [4.78, 5) is 16.8. The number of esters is 1. The van der Waals surface area contributed by atoms with Crippen molar-refractivity contribution in [3.63, 3.8) is 0 Å². The van der Waals surface area contributed by atoms with E-state index in [9.17, 15) is 4.79 Å². The van der Waals surface area contributed by atoms with E-state index >= 15 is 0 Å². The van der Waals surface area contributed by atoms with Gasteiger partial charge in [0.25, 0.3) is 0 Å². The van der Waals surface area contributed by atoms with Crippen LogP contribution in [0.15, 0.2) is 35.7 Å². The number of hydrogen-bond acceptors (Lipinski definition) is 4. The van der Waals surface area contributed by atoms with Crippen molar-refractivity contribution < 1.29 is 9.53 Å². The van der Waals surface area contributed by atoms with Crippen LogP contribution in [-0.2, 0) is 9.53 Å². The number of hydrogen-bond donors (Lipinski definition) is 0. The Labute approximate surface area is 134 Å². The van der Waals surface area contributed by atoms with Crippen molar-refractivity contribution >= 4 is 17.3 Å². The second kappa shape index (κ2) is 5.51. The monoisotopic (exact) mass is 313 g/mol. The van der Waals surface area contributed by atoms with E-state index in [2.05, 4.69) is 17.5 Å². The Morgan fingerprint density at radius 2 is 1.91 bits per heavy atom. The van der Waals surface area contributed by atoms with E-state index in [-0.39, 0.29) is 17.5 Å². The first-order valence-corrected chi connectivity index (χ1v) is 8.87. The lowest BCUT2D eigenvalue weighted by Crippen LogP contribution is -2.36. The predicted octanol–water partition coefficient (Wildman–Crippen LogP) is 4.54. The molecule has 1 aliphatic heterocycles. The van der Waals surface area contributed by atoms with Gasteiger partial charge in [-0.25, -0.2) is 4.98 Å². The molecule has 2 fully saturated rings. The molecule has 114 valence electrons. The number of rotatable bonds is 2. The summed E-state index contributed by atoms with van der Waals surface area (Å²) in [7, 11) is 0. The first kappa shape index (κ1) is 13.9. The second-order valence-corrected chi connectivity index (χ2v) is 7.16. The maximum Gasteiger partial charge on any atom is 0.307 e. The fraction of sp³-hybridized carbons (Fsp3) is 0.444. The molecular formula is C18H19NO2S. The quantitative estimate of drug-likeness (QED) is 0.764. The molecule has 1 aromatic heterocycles. The summed E-state index contributed by atoms with van der Waals surface area (Å²) < 4.78 is 5.80. The van der Waals surface area contributed by atoms with Gasteiger partial charge in [0.05, 0.1) is 18.0 Å². The van der Waals surface area contributed by atoms with Crippen LogP contribution in [0.1, 0.15) is 50.1 Å². The molecule has 1 aliphatic carbocycles. The highest BCUT2D eigenvalue weighted by Crippen LogP contribution is 2.49. The molecule has 4 heteroatoms. The molecule has 1 saturated carbocycles.